The molecular formula is C10H11ClO. The first-order chi connectivity index (χ1) is 5.81. The van der Waals surface area contributed by atoms with Crippen LogP contribution < -0.4 is 4.74 Å². The summed E-state index contributed by atoms with van der Waals surface area (Å²) in [5.41, 5.74) is 1.33. The molecule has 0 amide bonds. The van der Waals surface area contributed by atoms with E-state index < -0.39 is 0 Å². The third-order valence-electron chi connectivity index (χ3n) is 2.26. The van der Waals surface area contributed by atoms with Crippen molar-refractivity contribution >= 4 is 11.6 Å². The van der Waals surface area contributed by atoms with Gasteiger partial charge in [0, 0.05) is 11.3 Å². The maximum Gasteiger partial charge on any atom is 0.118 e. The Kier molecular flexibility index (Phi) is 1.97. The van der Waals surface area contributed by atoms with Gasteiger partial charge in [0.05, 0.1) is 7.11 Å². The Balaban J connectivity index is 2.14. The molecule has 0 heterocycles. The van der Waals surface area contributed by atoms with Crippen molar-refractivity contribution in [2.24, 2.45) is 0 Å². The van der Waals surface area contributed by atoms with Crippen molar-refractivity contribution in [1.29, 1.82) is 0 Å². The van der Waals surface area contributed by atoms with Crippen LogP contribution in [0.15, 0.2) is 24.3 Å². The second kappa shape index (κ2) is 2.98. The molecule has 1 saturated carbocycles. The van der Waals surface area contributed by atoms with E-state index in [0.717, 1.165) is 12.2 Å². The van der Waals surface area contributed by atoms with Crippen molar-refractivity contribution in [3.05, 3.63) is 29.8 Å². The van der Waals surface area contributed by atoms with Crippen molar-refractivity contribution in [3.8, 4) is 5.75 Å². The van der Waals surface area contributed by atoms with E-state index in [1.807, 2.05) is 12.1 Å². The maximum atomic E-state index is 5.93. The summed E-state index contributed by atoms with van der Waals surface area (Å²) in [5, 5.41) is 0.360. The van der Waals surface area contributed by atoms with Crippen LogP contribution in [0, 0.1) is 0 Å². The highest BCUT2D eigenvalue weighted by molar-refractivity contribution is 6.23. The average molecular weight is 183 g/mol. The second-order valence-corrected chi connectivity index (χ2v) is 3.69. The molecule has 1 aromatic rings. The summed E-state index contributed by atoms with van der Waals surface area (Å²) in [6.45, 7) is 0. The van der Waals surface area contributed by atoms with E-state index in [2.05, 4.69) is 12.1 Å². The van der Waals surface area contributed by atoms with Gasteiger partial charge in [-0.05, 0) is 24.1 Å². The molecule has 12 heavy (non-hydrogen) atoms. The van der Waals surface area contributed by atoms with Gasteiger partial charge in [0.1, 0.15) is 5.75 Å². The first-order valence-electron chi connectivity index (χ1n) is 4.09. The Hall–Kier alpha value is -0.690. The number of hydrogen-bond donors (Lipinski definition) is 0. The molecule has 1 aliphatic rings. The molecule has 2 unspecified atom stereocenters. The molecule has 64 valence electrons. The molecule has 2 atom stereocenters. The number of alkyl halides is 1. The van der Waals surface area contributed by atoms with E-state index in [0.29, 0.717) is 11.3 Å². The summed E-state index contributed by atoms with van der Waals surface area (Å²) >= 11 is 5.93. The highest BCUT2D eigenvalue weighted by atomic mass is 35.5. The number of rotatable bonds is 2. The largest absolute Gasteiger partial charge is 0.497 e. The summed E-state index contributed by atoms with van der Waals surface area (Å²) in [5.74, 6) is 1.49. The zero-order chi connectivity index (χ0) is 8.55. The lowest BCUT2D eigenvalue weighted by Crippen LogP contribution is -1.84. The molecule has 1 aliphatic carbocycles. The topological polar surface area (TPSA) is 9.23 Å². The first-order valence-corrected chi connectivity index (χ1v) is 4.53. The van der Waals surface area contributed by atoms with Gasteiger partial charge in [-0.3, -0.25) is 0 Å². The first kappa shape index (κ1) is 7.93. The van der Waals surface area contributed by atoms with Crippen LogP contribution in [0.1, 0.15) is 17.9 Å². The molecule has 2 rings (SSSR count). The van der Waals surface area contributed by atoms with Gasteiger partial charge < -0.3 is 4.74 Å². The standard InChI is InChI=1S/C10H11ClO/c1-12-8-4-2-7(3-5-8)9-6-10(9)11/h2-5,9-10H,6H2,1H3. The Morgan fingerprint density at radius 2 is 1.92 bits per heavy atom. The minimum Gasteiger partial charge on any atom is -0.497 e. The van der Waals surface area contributed by atoms with E-state index in [9.17, 15) is 0 Å². The predicted octanol–water partition coefficient (Wildman–Crippen LogP) is 2.79. The highest BCUT2D eigenvalue weighted by Crippen LogP contribution is 2.45. The molecule has 0 saturated heterocycles. The van der Waals surface area contributed by atoms with Gasteiger partial charge in [0.2, 0.25) is 0 Å². The molecule has 0 aliphatic heterocycles. The van der Waals surface area contributed by atoms with Gasteiger partial charge in [0.25, 0.3) is 0 Å². The Morgan fingerprint density at radius 3 is 2.33 bits per heavy atom. The van der Waals surface area contributed by atoms with Crippen molar-refractivity contribution in [1.82, 2.24) is 0 Å². The van der Waals surface area contributed by atoms with Crippen molar-refractivity contribution in [2.75, 3.05) is 7.11 Å². The zero-order valence-corrected chi connectivity index (χ0v) is 7.71. The predicted molar refractivity (Wildman–Crippen MR) is 50.0 cm³/mol. The molecule has 1 aromatic carbocycles. The summed E-state index contributed by atoms with van der Waals surface area (Å²) in [4.78, 5) is 0. The fraction of sp³-hybridized carbons (Fsp3) is 0.400. The van der Waals surface area contributed by atoms with Gasteiger partial charge in [-0.25, -0.2) is 0 Å². The van der Waals surface area contributed by atoms with Gasteiger partial charge in [0.15, 0.2) is 0 Å². The summed E-state index contributed by atoms with van der Waals surface area (Å²) in [7, 11) is 1.68. The Labute approximate surface area is 77.3 Å². The van der Waals surface area contributed by atoms with Crippen molar-refractivity contribution in [3.63, 3.8) is 0 Å². The number of hydrogen-bond acceptors (Lipinski definition) is 1. The normalized spacial score (nSPS) is 26.8. The molecule has 2 heteroatoms. The van der Waals surface area contributed by atoms with Gasteiger partial charge in [-0.15, -0.1) is 11.6 Å². The molecular weight excluding hydrogens is 172 g/mol. The second-order valence-electron chi connectivity index (χ2n) is 3.13. The molecule has 0 N–H and O–H groups in total. The number of benzene rings is 1. The van der Waals surface area contributed by atoms with Gasteiger partial charge in [-0.2, -0.15) is 0 Å². The van der Waals surface area contributed by atoms with E-state index in [-0.39, 0.29) is 0 Å². The van der Waals surface area contributed by atoms with Crippen LogP contribution in [0.25, 0.3) is 0 Å². The minimum atomic E-state index is 0.360. The fourth-order valence-electron chi connectivity index (χ4n) is 1.36. The smallest absolute Gasteiger partial charge is 0.118 e. The summed E-state index contributed by atoms with van der Waals surface area (Å²) in [6, 6.07) is 8.15. The lowest BCUT2D eigenvalue weighted by Gasteiger charge is -2.00. The Bertz CT molecular complexity index is 268. The van der Waals surface area contributed by atoms with E-state index >= 15 is 0 Å². The summed E-state index contributed by atoms with van der Waals surface area (Å²) in [6.07, 6.45) is 1.12. The van der Waals surface area contributed by atoms with Crippen molar-refractivity contribution in [2.45, 2.75) is 17.7 Å². The molecule has 1 fully saturated rings. The quantitative estimate of drug-likeness (QED) is 0.640. The monoisotopic (exact) mass is 182 g/mol. The third kappa shape index (κ3) is 1.42. The molecule has 0 bridgehead atoms. The van der Waals surface area contributed by atoms with E-state index in [1.165, 1.54) is 5.56 Å². The lowest BCUT2D eigenvalue weighted by atomic mass is 10.1. The van der Waals surface area contributed by atoms with Crippen LogP contribution in [-0.4, -0.2) is 12.5 Å². The molecule has 0 spiro atoms. The lowest BCUT2D eigenvalue weighted by molar-refractivity contribution is 0.414. The third-order valence-corrected chi connectivity index (χ3v) is 2.74. The average Bonchev–Trinajstić information content (AvgIpc) is 2.83. The van der Waals surface area contributed by atoms with Crippen LogP contribution in [-0.2, 0) is 0 Å². The van der Waals surface area contributed by atoms with Crippen LogP contribution in [0.5, 0.6) is 5.75 Å². The molecule has 1 nitrogen and oxygen atoms in total. The van der Waals surface area contributed by atoms with Crippen LogP contribution in [0.3, 0.4) is 0 Å². The van der Waals surface area contributed by atoms with E-state index in [4.69, 9.17) is 16.3 Å². The van der Waals surface area contributed by atoms with Crippen LogP contribution >= 0.6 is 11.6 Å². The number of ether oxygens (including phenoxy) is 1. The fourth-order valence-corrected chi connectivity index (χ4v) is 1.70. The highest BCUT2D eigenvalue weighted by Gasteiger charge is 2.36. The number of methoxy groups -OCH3 is 1. The maximum absolute atomic E-state index is 5.93. The molecule has 0 radical (unpaired) electrons. The SMILES string of the molecule is COc1ccc(C2CC2Cl)cc1. The van der Waals surface area contributed by atoms with Crippen molar-refractivity contribution < 1.29 is 4.74 Å². The van der Waals surface area contributed by atoms with Gasteiger partial charge in [-0.1, -0.05) is 12.1 Å². The summed E-state index contributed by atoms with van der Waals surface area (Å²) < 4.78 is 5.06. The van der Waals surface area contributed by atoms with Gasteiger partial charge >= 0.3 is 0 Å². The Morgan fingerprint density at radius 1 is 1.33 bits per heavy atom. The van der Waals surface area contributed by atoms with Crippen LogP contribution in [0.4, 0.5) is 0 Å². The zero-order valence-electron chi connectivity index (χ0n) is 6.96. The van der Waals surface area contributed by atoms with E-state index in [1.54, 1.807) is 7.11 Å². The number of halogens is 1. The minimum absolute atomic E-state index is 0.360. The molecule has 0 aromatic heterocycles. The van der Waals surface area contributed by atoms with Crippen LogP contribution in [0.2, 0.25) is 0 Å².